The van der Waals surface area contributed by atoms with Gasteiger partial charge >= 0.3 is 0 Å². The van der Waals surface area contributed by atoms with Crippen molar-refractivity contribution in [2.45, 2.75) is 70.2 Å². The Kier molecular flexibility index (Phi) is 5.79. The van der Waals surface area contributed by atoms with E-state index in [9.17, 15) is 4.79 Å². The van der Waals surface area contributed by atoms with Crippen molar-refractivity contribution in [3.8, 4) is 0 Å². The van der Waals surface area contributed by atoms with Gasteiger partial charge in [0.2, 0.25) is 0 Å². The van der Waals surface area contributed by atoms with E-state index in [1.807, 2.05) is 38.2 Å². The highest BCUT2D eigenvalue weighted by molar-refractivity contribution is 5.81. The van der Waals surface area contributed by atoms with Gasteiger partial charge in [-0.1, -0.05) is 26.2 Å². The molecule has 1 aliphatic carbocycles. The molecule has 140 valence electrons. The fraction of sp³-hybridized carbons (Fsp3) is 0.789. The van der Waals surface area contributed by atoms with Crippen molar-refractivity contribution in [3.63, 3.8) is 0 Å². The molecule has 1 saturated carbocycles. The molecule has 0 bridgehead atoms. The second-order valence-electron chi connectivity index (χ2n) is 7.53. The number of rotatable bonds is 5. The van der Waals surface area contributed by atoms with E-state index < -0.39 is 5.60 Å². The lowest BCUT2D eigenvalue weighted by Crippen LogP contribution is -2.53. The lowest BCUT2D eigenvalue weighted by molar-refractivity contribution is -0.165. The zero-order valence-corrected chi connectivity index (χ0v) is 15.7. The second kappa shape index (κ2) is 7.87. The first kappa shape index (κ1) is 18.4. The third-order valence-electron chi connectivity index (χ3n) is 5.46. The Morgan fingerprint density at radius 2 is 2.20 bits per heavy atom. The molecular formula is C19H31N3O3. The summed E-state index contributed by atoms with van der Waals surface area (Å²) in [6, 6.07) is 0. The van der Waals surface area contributed by atoms with Gasteiger partial charge in [-0.3, -0.25) is 9.48 Å². The van der Waals surface area contributed by atoms with Crippen LogP contribution in [0.1, 0.15) is 57.9 Å². The molecule has 0 spiro atoms. The number of carbonyl (C=O) groups is 1. The molecule has 0 aromatic carbocycles. The van der Waals surface area contributed by atoms with Crippen molar-refractivity contribution in [1.82, 2.24) is 14.7 Å². The monoisotopic (exact) mass is 349 g/mol. The molecule has 2 heterocycles. The van der Waals surface area contributed by atoms with E-state index in [-0.39, 0.29) is 18.1 Å². The molecule has 2 fully saturated rings. The zero-order valence-electron chi connectivity index (χ0n) is 15.7. The number of morpholine rings is 1. The Morgan fingerprint density at radius 3 is 2.84 bits per heavy atom. The maximum atomic E-state index is 13.1. The van der Waals surface area contributed by atoms with Crippen LogP contribution in [0.4, 0.5) is 0 Å². The van der Waals surface area contributed by atoms with Crippen LogP contribution in [0.5, 0.6) is 0 Å². The summed E-state index contributed by atoms with van der Waals surface area (Å²) in [6.07, 6.45) is 10.3. The van der Waals surface area contributed by atoms with Crippen LogP contribution in [0.15, 0.2) is 12.4 Å². The first-order valence-corrected chi connectivity index (χ1v) is 9.59. The molecule has 1 saturated heterocycles. The number of hydrogen-bond acceptors (Lipinski definition) is 4. The summed E-state index contributed by atoms with van der Waals surface area (Å²) in [5, 5.41) is 4.24. The van der Waals surface area contributed by atoms with Crippen LogP contribution in [0.25, 0.3) is 0 Å². The zero-order chi connectivity index (χ0) is 17.9. The van der Waals surface area contributed by atoms with Crippen molar-refractivity contribution in [1.29, 1.82) is 0 Å². The molecule has 6 heteroatoms. The molecule has 1 aliphatic heterocycles. The van der Waals surface area contributed by atoms with Crippen LogP contribution in [-0.4, -0.2) is 52.5 Å². The van der Waals surface area contributed by atoms with Crippen LogP contribution in [0.3, 0.4) is 0 Å². The molecular weight excluding hydrogens is 318 g/mol. The highest BCUT2D eigenvalue weighted by Crippen LogP contribution is 2.30. The minimum Gasteiger partial charge on any atom is -0.367 e. The summed E-state index contributed by atoms with van der Waals surface area (Å²) >= 11 is 0. The lowest BCUT2D eigenvalue weighted by Gasteiger charge is -2.41. The van der Waals surface area contributed by atoms with Crippen molar-refractivity contribution < 1.29 is 14.3 Å². The van der Waals surface area contributed by atoms with E-state index in [1.54, 1.807) is 4.68 Å². The molecule has 1 aromatic rings. The summed E-state index contributed by atoms with van der Waals surface area (Å²) in [5.41, 5.74) is 0.499. The molecule has 1 amide bonds. The maximum absolute atomic E-state index is 13.1. The van der Waals surface area contributed by atoms with Crippen molar-refractivity contribution in [3.05, 3.63) is 18.0 Å². The van der Waals surface area contributed by atoms with Crippen molar-refractivity contribution in [2.75, 3.05) is 19.7 Å². The molecule has 1 aromatic heterocycles. The molecule has 0 N–H and O–H groups in total. The maximum Gasteiger partial charge on any atom is 0.251 e. The number of aryl methyl sites for hydroxylation is 1. The van der Waals surface area contributed by atoms with Crippen LogP contribution in [0, 0.1) is 0 Å². The number of amides is 1. The Hall–Kier alpha value is -1.40. The minimum absolute atomic E-state index is 0.103. The van der Waals surface area contributed by atoms with Gasteiger partial charge in [0.25, 0.3) is 5.91 Å². The number of hydrogen-bond donors (Lipinski definition) is 0. The minimum atomic E-state index is -0.509. The fourth-order valence-electron chi connectivity index (χ4n) is 3.89. The van der Waals surface area contributed by atoms with Crippen LogP contribution in [-0.2, 0) is 26.9 Å². The molecule has 0 radical (unpaired) electrons. The average Bonchev–Trinajstić information content (AvgIpc) is 3.07. The van der Waals surface area contributed by atoms with Crippen molar-refractivity contribution in [2.24, 2.45) is 7.05 Å². The van der Waals surface area contributed by atoms with E-state index in [0.717, 1.165) is 24.8 Å². The van der Waals surface area contributed by atoms with Crippen molar-refractivity contribution >= 4 is 5.91 Å². The van der Waals surface area contributed by atoms with E-state index in [0.29, 0.717) is 19.7 Å². The van der Waals surface area contributed by atoms with Gasteiger partial charge in [0.1, 0.15) is 11.7 Å². The normalized spacial score (nSPS) is 26.6. The molecule has 25 heavy (non-hydrogen) atoms. The number of carbonyl (C=O) groups excluding carboxylic acids is 1. The van der Waals surface area contributed by atoms with Gasteiger partial charge in [-0.2, -0.15) is 5.10 Å². The van der Waals surface area contributed by atoms with Gasteiger partial charge < -0.3 is 14.4 Å². The van der Waals surface area contributed by atoms with Gasteiger partial charge in [-0.05, 0) is 26.2 Å². The van der Waals surface area contributed by atoms with E-state index >= 15 is 0 Å². The van der Waals surface area contributed by atoms with Gasteiger partial charge in [0, 0.05) is 25.4 Å². The second-order valence-corrected chi connectivity index (χ2v) is 7.53. The topological polar surface area (TPSA) is 56.6 Å². The Bertz CT molecular complexity index is 582. The largest absolute Gasteiger partial charge is 0.367 e. The predicted molar refractivity (Wildman–Crippen MR) is 95.1 cm³/mol. The molecule has 2 aliphatic rings. The van der Waals surface area contributed by atoms with Gasteiger partial charge in [0.15, 0.2) is 0 Å². The average molecular weight is 349 g/mol. The van der Waals surface area contributed by atoms with Crippen LogP contribution >= 0.6 is 0 Å². The highest BCUT2D eigenvalue weighted by Gasteiger charge is 2.38. The summed E-state index contributed by atoms with van der Waals surface area (Å²) < 4.78 is 14.0. The summed E-state index contributed by atoms with van der Waals surface area (Å²) in [6.45, 7) is 5.77. The lowest BCUT2D eigenvalue weighted by atomic mass is 9.96. The first-order valence-electron chi connectivity index (χ1n) is 9.59. The molecule has 6 nitrogen and oxygen atoms in total. The number of ether oxygens (including phenoxy) is 2. The highest BCUT2D eigenvalue weighted by atomic mass is 16.5. The SMILES string of the molecule is CC[C@@H](OC1CCCCC1)C(=O)N1CCO[C@@](C)(c2cnn(C)c2)C1. The fourth-order valence-corrected chi connectivity index (χ4v) is 3.89. The standard InChI is InChI=1S/C19H31N3O3/c1-4-17(25-16-8-6-5-7-9-16)18(23)22-10-11-24-19(2,14-22)15-12-20-21(3)13-15/h12-13,16-17H,4-11,14H2,1-3H3/t17-,19-/m1/s1. The molecule has 3 rings (SSSR count). The van der Waals surface area contributed by atoms with Gasteiger partial charge in [-0.15, -0.1) is 0 Å². The first-order chi connectivity index (χ1) is 12.0. The van der Waals surface area contributed by atoms with Crippen LogP contribution < -0.4 is 0 Å². The van der Waals surface area contributed by atoms with Gasteiger partial charge in [-0.25, -0.2) is 0 Å². The number of nitrogens with zero attached hydrogens (tertiary/aromatic N) is 3. The van der Waals surface area contributed by atoms with E-state index in [2.05, 4.69) is 5.10 Å². The number of aromatic nitrogens is 2. The van der Waals surface area contributed by atoms with E-state index in [4.69, 9.17) is 9.47 Å². The smallest absolute Gasteiger partial charge is 0.251 e. The molecule has 0 unspecified atom stereocenters. The molecule has 2 atom stereocenters. The van der Waals surface area contributed by atoms with Crippen LogP contribution in [0.2, 0.25) is 0 Å². The summed E-state index contributed by atoms with van der Waals surface area (Å²) in [5.74, 6) is 0.103. The Balaban J connectivity index is 1.65. The summed E-state index contributed by atoms with van der Waals surface area (Å²) in [7, 11) is 1.89. The third-order valence-corrected chi connectivity index (χ3v) is 5.46. The third kappa shape index (κ3) is 4.23. The Labute approximate surface area is 150 Å². The Morgan fingerprint density at radius 1 is 1.44 bits per heavy atom. The summed E-state index contributed by atoms with van der Waals surface area (Å²) in [4.78, 5) is 15.0. The predicted octanol–water partition coefficient (Wildman–Crippen LogP) is 2.62. The van der Waals surface area contributed by atoms with Gasteiger partial charge in [0.05, 0.1) is 25.5 Å². The quantitative estimate of drug-likeness (QED) is 0.820. The van der Waals surface area contributed by atoms with E-state index in [1.165, 1.54) is 19.3 Å².